The minimum Gasteiger partial charge on any atom is -0.484 e. The Morgan fingerprint density at radius 1 is 1.12 bits per heavy atom. The molecule has 0 bridgehead atoms. The van der Waals surface area contributed by atoms with E-state index in [2.05, 4.69) is 20.0 Å². The Kier molecular flexibility index (Phi) is 4.00. The minimum atomic E-state index is -0.169. The molecule has 1 aliphatic heterocycles. The van der Waals surface area contributed by atoms with E-state index >= 15 is 0 Å². The molecule has 1 aromatic carbocycles. The first-order valence-corrected chi connectivity index (χ1v) is 8.07. The topological polar surface area (TPSA) is 64.8 Å². The van der Waals surface area contributed by atoms with Gasteiger partial charge in [0.1, 0.15) is 11.9 Å². The zero-order valence-corrected chi connectivity index (χ0v) is 13.5. The molecule has 0 N–H and O–H groups in total. The minimum absolute atomic E-state index is 0.169. The molecule has 1 saturated heterocycles. The monoisotopic (exact) mass is 325 g/mol. The van der Waals surface area contributed by atoms with Gasteiger partial charge in [-0.2, -0.15) is 9.50 Å². The molecular weight excluding hydrogens is 306 g/mol. The number of rotatable bonds is 4. The molecule has 0 radical (unpaired) electrons. The van der Waals surface area contributed by atoms with E-state index in [0.717, 1.165) is 24.5 Å². The highest BCUT2D eigenvalue weighted by molar-refractivity contribution is 5.40. The number of nitrogens with zero attached hydrogens (tertiary/aromatic N) is 5. The second kappa shape index (κ2) is 6.45. The molecule has 1 atom stereocenters. The fraction of sp³-hybridized carbons (Fsp3) is 0.353. The standard InChI is InChI=1S/C17H19N5O2/c1-13(24-14-5-3-2-4-6-14)15-7-8-18-16-19-17(20-22(15)16)21-9-11-23-12-10-21/h2-8,13H,9-12H2,1H3/t13-/m0/s1. The first-order chi connectivity index (χ1) is 11.8. The summed E-state index contributed by atoms with van der Waals surface area (Å²) >= 11 is 0. The summed E-state index contributed by atoms with van der Waals surface area (Å²) in [5.74, 6) is 2.09. The highest BCUT2D eigenvalue weighted by Crippen LogP contribution is 2.22. The number of benzene rings is 1. The van der Waals surface area contributed by atoms with E-state index in [9.17, 15) is 0 Å². The first kappa shape index (κ1) is 14.9. The average molecular weight is 325 g/mol. The van der Waals surface area contributed by atoms with Crippen LogP contribution in [0.3, 0.4) is 0 Å². The van der Waals surface area contributed by atoms with E-state index in [-0.39, 0.29) is 6.10 Å². The van der Waals surface area contributed by atoms with Gasteiger partial charge >= 0.3 is 0 Å². The lowest BCUT2D eigenvalue weighted by Gasteiger charge is -2.25. The van der Waals surface area contributed by atoms with Crippen LogP contribution in [0.4, 0.5) is 5.95 Å². The van der Waals surface area contributed by atoms with Crippen LogP contribution in [0.1, 0.15) is 18.7 Å². The van der Waals surface area contributed by atoms with Crippen molar-refractivity contribution in [3.8, 4) is 5.75 Å². The zero-order chi connectivity index (χ0) is 16.4. The number of anilines is 1. The molecule has 1 aliphatic rings. The lowest BCUT2D eigenvalue weighted by atomic mass is 10.2. The number of para-hydroxylation sites is 1. The van der Waals surface area contributed by atoms with Crippen LogP contribution in [0, 0.1) is 0 Å². The van der Waals surface area contributed by atoms with Crippen LogP contribution >= 0.6 is 0 Å². The van der Waals surface area contributed by atoms with Gasteiger partial charge in [0, 0.05) is 19.3 Å². The molecule has 0 aliphatic carbocycles. The average Bonchev–Trinajstić information content (AvgIpc) is 3.07. The maximum absolute atomic E-state index is 6.01. The van der Waals surface area contributed by atoms with E-state index < -0.39 is 0 Å². The lowest BCUT2D eigenvalue weighted by Crippen LogP contribution is -2.36. The largest absolute Gasteiger partial charge is 0.484 e. The third-order valence-electron chi connectivity index (χ3n) is 4.03. The summed E-state index contributed by atoms with van der Waals surface area (Å²) in [6.07, 6.45) is 1.57. The van der Waals surface area contributed by atoms with Crippen LogP contribution in [0.25, 0.3) is 5.78 Å². The van der Waals surface area contributed by atoms with Gasteiger partial charge in [-0.15, -0.1) is 5.10 Å². The molecule has 0 amide bonds. The Balaban J connectivity index is 1.64. The number of hydrogen-bond acceptors (Lipinski definition) is 6. The highest BCUT2D eigenvalue weighted by Gasteiger charge is 2.19. The Morgan fingerprint density at radius 2 is 1.92 bits per heavy atom. The van der Waals surface area contributed by atoms with Crippen molar-refractivity contribution in [1.82, 2.24) is 19.6 Å². The van der Waals surface area contributed by atoms with E-state index in [1.807, 2.05) is 43.3 Å². The van der Waals surface area contributed by atoms with Crippen LogP contribution in [-0.2, 0) is 4.74 Å². The summed E-state index contributed by atoms with van der Waals surface area (Å²) in [5.41, 5.74) is 0.913. The predicted molar refractivity (Wildman–Crippen MR) is 89.3 cm³/mol. The van der Waals surface area contributed by atoms with Gasteiger partial charge in [-0.05, 0) is 25.1 Å². The van der Waals surface area contributed by atoms with Crippen LogP contribution in [-0.4, -0.2) is 45.9 Å². The van der Waals surface area contributed by atoms with Gasteiger partial charge in [-0.3, -0.25) is 0 Å². The van der Waals surface area contributed by atoms with Crippen molar-refractivity contribution < 1.29 is 9.47 Å². The van der Waals surface area contributed by atoms with Crippen molar-refractivity contribution in [3.63, 3.8) is 0 Å². The maximum Gasteiger partial charge on any atom is 0.254 e. The Labute approximate surface area is 139 Å². The quantitative estimate of drug-likeness (QED) is 0.732. The summed E-state index contributed by atoms with van der Waals surface area (Å²) in [4.78, 5) is 11.0. The van der Waals surface area contributed by atoms with Gasteiger partial charge in [0.25, 0.3) is 5.78 Å². The third-order valence-corrected chi connectivity index (χ3v) is 4.03. The molecule has 1 fully saturated rings. The summed E-state index contributed by atoms with van der Waals surface area (Å²) in [6.45, 7) is 4.98. The molecule has 2 aromatic heterocycles. The Hall–Kier alpha value is -2.67. The number of ether oxygens (including phenoxy) is 2. The second-order valence-corrected chi connectivity index (χ2v) is 5.67. The molecule has 7 nitrogen and oxygen atoms in total. The van der Waals surface area contributed by atoms with E-state index in [1.165, 1.54) is 0 Å². The van der Waals surface area contributed by atoms with Gasteiger partial charge < -0.3 is 14.4 Å². The van der Waals surface area contributed by atoms with Gasteiger partial charge in [0.05, 0.1) is 18.9 Å². The third kappa shape index (κ3) is 2.90. The molecule has 24 heavy (non-hydrogen) atoms. The zero-order valence-electron chi connectivity index (χ0n) is 13.5. The Bertz CT molecular complexity index is 814. The molecule has 0 spiro atoms. The van der Waals surface area contributed by atoms with E-state index in [0.29, 0.717) is 24.9 Å². The molecule has 0 unspecified atom stereocenters. The summed E-state index contributed by atoms with van der Waals surface area (Å²) in [6, 6.07) is 11.7. The van der Waals surface area contributed by atoms with Crippen molar-refractivity contribution in [3.05, 3.63) is 48.3 Å². The molecule has 124 valence electrons. The summed E-state index contributed by atoms with van der Waals surface area (Å²) in [5, 5.41) is 4.63. The number of aromatic nitrogens is 4. The lowest BCUT2D eigenvalue weighted by molar-refractivity contribution is 0.122. The van der Waals surface area contributed by atoms with Crippen LogP contribution in [0.5, 0.6) is 5.75 Å². The van der Waals surface area contributed by atoms with Crippen molar-refractivity contribution in [1.29, 1.82) is 0 Å². The van der Waals surface area contributed by atoms with Gasteiger partial charge in [0.15, 0.2) is 0 Å². The maximum atomic E-state index is 6.01. The van der Waals surface area contributed by atoms with E-state index in [1.54, 1.807) is 10.7 Å². The predicted octanol–water partition coefficient (Wildman–Crippen LogP) is 2.10. The molecule has 0 saturated carbocycles. The van der Waals surface area contributed by atoms with Gasteiger partial charge in [-0.25, -0.2) is 4.98 Å². The van der Waals surface area contributed by atoms with E-state index in [4.69, 9.17) is 9.47 Å². The summed E-state index contributed by atoms with van der Waals surface area (Å²) in [7, 11) is 0. The van der Waals surface area contributed by atoms with Gasteiger partial charge in [-0.1, -0.05) is 18.2 Å². The second-order valence-electron chi connectivity index (χ2n) is 5.67. The molecule has 3 heterocycles. The van der Waals surface area contributed by atoms with Crippen molar-refractivity contribution in [2.45, 2.75) is 13.0 Å². The normalized spacial score (nSPS) is 16.3. The van der Waals surface area contributed by atoms with Gasteiger partial charge in [0.2, 0.25) is 5.95 Å². The summed E-state index contributed by atoms with van der Waals surface area (Å²) < 4.78 is 13.2. The van der Waals surface area contributed by atoms with Crippen LogP contribution in [0.15, 0.2) is 42.6 Å². The molecular formula is C17H19N5O2. The van der Waals surface area contributed by atoms with Crippen LogP contribution in [0.2, 0.25) is 0 Å². The first-order valence-electron chi connectivity index (χ1n) is 8.07. The fourth-order valence-corrected chi connectivity index (χ4v) is 2.77. The fourth-order valence-electron chi connectivity index (χ4n) is 2.77. The highest BCUT2D eigenvalue weighted by atomic mass is 16.5. The number of hydrogen-bond donors (Lipinski definition) is 0. The smallest absolute Gasteiger partial charge is 0.254 e. The van der Waals surface area contributed by atoms with Crippen molar-refractivity contribution in [2.24, 2.45) is 0 Å². The number of fused-ring (bicyclic) bond motifs is 1. The molecule has 7 heteroatoms. The molecule has 3 aromatic rings. The molecule has 4 rings (SSSR count). The van der Waals surface area contributed by atoms with Crippen LogP contribution < -0.4 is 9.64 Å². The SMILES string of the molecule is C[C@H](Oc1ccccc1)c1ccnc2nc(N3CCOCC3)nn12. The van der Waals surface area contributed by atoms with Crippen molar-refractivity contribution >= 4 is 11.7 Å². The number of morpholine rings is 1. The van der Waals surface area contributed by atoms with Crippen molar-refractivity contribution in [2.75, 3.05) is 31.2 Å². The Morgan fingerprint density at radius 3 is 2.71 bits per heavy atom.